The average molecular weight is 332 g/mol. The molecule has 8 heteroatoms. The third kappa shape index (κ3) is 4.36. The van der Waals surface area contributed by atoms with Gasteiger partial charge in [-0.3, -0.25) is 5.32 Å². The number of esters is 1. The number of anilines is 1. The highest BCUT2D eigenvalue weighted by Gasteiger charge is 2.25. The fourth-order valence-electron chi connectivity index (χ4n) is 1.48. The number of hydrogen-bond donors (Lipinski definition) is 1. The summed E-state index contributed by atoms with van der Waals surface area (Å²) < 4.78 is 28.0. The SMILES string of the molecule is C=C(C)C(OC(=O)Nc1cc(OC)c(Cl)cc1F)C(=O)OC. The van der Waals surface area contributed by atoms with Gasteiger partial charge in [0.05, 0.1) is 24.9 Å². The lowest BCUT2D eigenvalue weighted by atomic mass is 10.2. The topological polar surface area (TPSA) is 73.9 Å². The van der Waals surface area contributed by atoms with Crippen LogP contribution in [0, 0.1) is 5.82 Å². The summed E-state index contributed by atoms with van der Waals surface area (Å²) in [5, 5.41) is 2.20. The third-order valence-corrected chi connectivity index (χ3v) is 2.86. The first-order chi connectivity index (χ1) is 10.3. The van der Waals surface area contributed by atoms with E-state index in [0.29, 0.717) is 0 Å². The normalized spacial score (nSPS) is 11.3. The van der Waals surface area contributed by atoms with Crippen molar-refractivity contribution in [2.45, 2.75) is 13.0 Å². The lowest BCUT2D eigenvalue weighted by Crippen LogP contribution is -2.31. The Morgan fingerprint density at radius 3 is 2.50 bits per heavy atom. The van der Waals surface area contributed by atoms with Gasteiger partial charge in [-0.1, -0.05) is 18.2 Å². The van der Waals surface area contributed by atoms with Crippen LogP contribution in [-0.2, 0) is 14.3 Å². The maximum Gasteiger partial charge on any atom is 0.412 e. The molecule has 1 rings (SSSR count). The van der Waals surface area contributed by atoms with E-state index in [1.54, 1.807) is 0 Å². The van der Waals surface area contributed by atoms with Crippen LogP contribution in [0.5, 0.6) is 5.75 Å². The van der Waals surface area contributed by atoms with Gasteiger partial charge >= 0.3 is 12.1 Å². The van der Waals surface area contributed by atoms with Gasteiger partial charge in [0.25, 0.3) is 0 Å². The maximum atomic E-state index is 13.7. The van der Waals surface area contributed by atoms with Crippen LogP contribution >= 0.6 is 11.6 Å². The summed E-state index contributed by atoms with van der Waals surface area (Å²) in [4.78, 5) is 23.2. The highest BCUT2D eigenvalue weighted by Crippen LogP contribution is 2.30. The smallest absolute Gasteiger partial charge is 0.412 e. The van der Waals surface area contributed by atoms with E-state index in [-0.39, 0.29) is 22.0 Å². The molecule has 0 bridgehead atoms. The average Bonchev–Trinajstić information content (AvgIpc) is 2.46. The van der Waals surface area contributed by atoms with Gasteiger partial charge in [0.1, 0.15) is 11.6 Å². The van der Waals surface area contributed by atoms with E-state index >= 15 is 0 Å². The molecule has 22 heavy (non-hydrogen) atoms. The number of carbonyl (C=O) groups excluding carboxylic acids is 2. The van der Waals surface area contributed by atoms with E-state index < -0.39 is 24.0 Å². The molecule has 6 nitrogen and oxygen atoms in total. The van der Waals surface area contributed by atoms with Gasteiger partial charge in [-0.25, -0.2) is 14.0 Å². The van der Waals surface area contributed by atoms with Crippen molar-refractivity contribution >= 4 is 29.4 Å². The fourth-order valence-corrected chi connectivity index (χ4v) is 1.71. The van der Waals surface area contributed by atoms with Crippen molar-refractivity contribution in [3.63, 3.8) is 0 Å². The van der Waals surface area contributed by atoms with Crippen LogP contribution in [0.1, 0.15) is 6.92 Å². The molecule has 0 fully saturated rings. The summed E-state index contributed by atoms with van der Waals surface area (Å²) in [7, 11) is 2.48. The van der Waals surface area contributed by atoms with Crippen molar-refractivity contribution in [1.29, 1.82) is 0 Å². The van der Waals surface area contributed by atoms with Gasteiger partial charge < -0.3 is 14.2 Å². The summed E-state index contributed by atoms with van der Waals surface area (Å²) in [6.07, 6.45) is -2.34. The molecular weight excluding hydrogens is 317 g/mol. The van der Waals surface area contributed by atoms with Gasteiger partial charge in [-0.2, -0.15) is 0 Å². The molecule has 1 atom stereocenters. The number of amides is 1. The molecule has 1 aromatic carbocycles. The van der Waals surface area contributed by atoms with E-state index in [9.17, 15) is 14.0 Å². The summed E-state index contributed by atoms with van der Waals surface area (Å²) in [5.74, 6) is -1.41. The van der Waals surface area contributed by atoms with Crippen molar-refractivity contribution in [2.75, 3.05) is 19.5 Å². The first-order valence-electron chi connectivity index (χ1n) is 6.04. The van der Waals surface area contributed by atoms with Crippen molar-refractivity contribution in [1.82, 2.24) is 0 Å². The summed E-state index contributed by atoms with van der Waals surface area (Å²) in [6, 6.07) is 2.17. The van der Waals surface area contributed by atoms with E-state index in [2.05, 4.69) is 16.6 Å². The summed E-state index contributed by atoms with van der Waals surface area (Å²) in [5.41, 5.74) is 0.0488. The van der Waals surface area contributed by atoms with Gasteiger partial charge in [0.2, 0.25) is 6.10 Å². The molecule has 0 radical (unpaired) electrons. The van der Waals surface area contributed by atoms with Crippen LogP contribution in [0.15, 0.2) is 24.3 Å². The molecule has 0 aliphatic carbocycles. The molecule has 1 unspecified atom stereocenters. The van der Waals surface area contributed by atoms with Crippen molar-refractivity contribution in [2.24, 2.45) is 0 Å². The standard InChI is InChI=1S/C14H15ClFNO5/c1-7(2)12(13(18)21-4)22-14(19)17-10-6-11(20-3)8(15)5-9(10)16/h5-6,12H,1H2,2-4H3,(H,17,19). The van der Waals surface area contributed by atoms with Crippen molar-refractivity contribution in [3.05, 3.63) is 35.1 Å². The van der Waals surface area contributed by atoms with E-state index in [1.165, 1.54) is 20.1 Å². The second kappa shape index (κ2) is 7.65. The molecular formula is C14H15ClFNO5. The molecule has 0 aliphatic heterocycles. The number of methoxy groups -OCH3 is 2. The first kappa shape index (κ1) is 17.8. The number of benzene rings is 1. The van der Waals surface area contributed by atoms with Crippen LogP contribution in [0.2, 0.25) is 5.02 Å². The number of carbonyl (C=O) groups is 2. The minimum atomic E-state index is -1.29. The lowest BCUT2D eigenvalue weighted by Gasteiger charge is -2.16. The second-order valence-corrected chi connectivity index (χ2v) is 4.65. The highest BCUT2D eigenvalue weighted by atomic mass is 35.5. The molecule has 120 valence electrons. The monoisotopic (exact) mass is 331 g/mol. The van der Waals surface area contributed by atoms with Crippen LogP contribution in [0.4, 0.5) is 14.9 Å². The zero-order valence-electron chi connectivity index (χ0n) is 12.2. The van der Waals surface area contributed by atoms with Gasteiger partial charge in [0.15, 0.2) is 0 Å². The Bertz CT molecular complexity index is 605. The number of halogens is 2. The number of nitrogens with one attached hydrogen (secondary N) is 1. The molecule has 1 aromatic rings. The molecule has 0 aliphatic rings. The van der Waals surface area contributed by atoms with Crippen LogP contribution in [-0.4, -0.2) is 32.4 Å². The first-order valence-corrected chi connectivity index (χ1v) is 6.41. The van der Waals surface area contributed by atoms with E-state index in [0.717, 1.165) is 13.2 Å². The molecule has 0 saturated carbocycles. The van der Waals surface area contributed by atoms with Crippen molar-refractivity contribution in [3.8, 4) is 5.75 Å². The molecule has 1 amide bonds. The van der Waals surface area contributed by atoms with Gasteiger partial charge in [-0.05, 0) is 18.6 Å². The Balaban J connectivity index is 2.88. The molecule has 0 aromatic heterocycles. The molecule has 1 N–H and O–H groups in total. The van der Waals surface area contributed by atoms with Gasteiger partial charge in [0, 0.05) is 6.07 Å². The zero-order valence-corrected chi connectivity index (χ0v) is 13.0. The fraction of sp³-hybridized carbons (Fsp3) is 0.286. The Morgan fingerprint density at radius 1 is 1.36 bits per heavy atom. The number of ether oxygens (including phenoxy) is 3. The third-order valence-electron chi connectivity index (χ3n) is 2.57. The van der Waals surface area contributed by atoms with Crippen LogP contribution in [0.3, 0.4) is 0 Å². The Morgan fingerprint density at radius 2 is 2.00 bits per heavy atom. The Labute approximate surface area is 131 Å². The quantitative estimate of drug-likeness (QED) is 0.662. The Kier molecular flexibility index (Phi) is 6.18. The van der Waals surface area contributed by atoms with Gasteiger partial charge in [-0.15, -0.1) is 0 Å². The zero-order chi connectivity index (χ0) is 16.9. The molecule has 0 saturated heterocycles. The molecule has 0 heterocycles. The minimum Gasteiger partial charge on any atom is -0.495 e. The predicted molar refractivity (Wildman–Crippen MR) is 78.7 cm³/mol. The van der Waals surface area contributed by atoms with Crippen LogP contribution < -0.4 is 10.1 Å². The Hall–Kier alpha value is -2.28. The maximum absolute atomic E-state index is 13.7. The lowest BCUT2D eigenvalue weighted by molar-refractivity contribution is -0.148. The number of hydrogen-bond acceptors (Lipinski definition) is 5. The summed E-state index contributed by atoms with van der Waals surface area (Å²) >= 11 is 5.74. The minimum absolute atomic E-state index is 0.0493. The predicted octanol–water partition coefficient (Wildman–Crippen LogP) is 3.15. The van der Waals surface area contributed by atoms with Crippen molar-refractivity contribution < 1.29 is 28.2 Å². The summed E-state index contributed by atoms with van der Waals surface area (Å²) in [6.45, 7) is 5.01. The van der Waals surface area contributed by atoms with E-state index in [1.807, 2.05) is 0 Å². The highest BCUT2D eigenvalue weighted by molar-refractivity contribution is 6.32. The van der Waals surface area contributed by atoms with Crippen LogP contribution in [0.25, 0.3) is 0 Å². The van der Waals surface area contributed by atoms with E-state index in [4.69, 9.17) is 21.1 Å². The molecule has 0 spiro atoms. The number of rotatable bonds is 5. The second-order valence-electron chi connectivity index (χ2n) is 4.25. The largest absolute Gasteiger partial charge is 0.495 e.